The first-order chi connectivity index (χ1) is 10.0. The van der Waals surface area contributed by atoms with Gasteiger partial charge in [0, 0.05) is 17.8 Å². The molecule has 0 radical (unpaired) electrons. The number of carbonyl (C=O) groups is 1. The highest BCUT2D eigenvalue weighted by molar-refractivity contribution is 6.34. The fourth-order valence-electron chi connectivity index (χ4n) is 2.14. The van der Waals surface area contributed by atoms with Crippen molar-refractivity contribution < 1.29 is 4.79 Å². The summed E-state index contributed by atoms with van der Waals surface area (Å²) >= 11 is 6.18. The smallest absolute Gasteiger partial charge is 0.257 e. The first-order valence-corrected chi connectivity index (χ1v) is 6.93. The maximum Gasteiger partial charge on any atom is 0.257 e. The van der Waals surface area contributed by atoms with Gasteiger partial charge in [0.1, 0.15) is 5.65 Å². The van der Waals surface area contributed by atoms with Gasteiger partial charge in [-0.05, 0) is 49.2 Å². The molecule has 2 heterocycles. The van der Waals surface area contributed by atoms with Crippen LogP contribution in [0.25, 0.3) is 11.0 Å². The molecule has 1 aromatic carbocycles. The van der Waals surface area contributed by atoms with Crippen molar-refractivity contribution in [3.05, 3.63) is 58.4 Å². The zero-order chi connectivity index (χ0) is 15.0. The third-order valence-electron chi connectivity index (χ3n) is 3.49. The number of aromatic amines is 1. The first kappa shape index (κ1) is 13.6. The van der Waals surface area contributed by atoms with E-state index in [1.165, 1.54) is 0 Å². The Labute approximate surface area is 127 Å². The van der Waals surface area contributed by atoms with Crippen LogP contribution >= 0.6 is 11.6 Å². The fraction of sp³-hybridized carbons (Fsp3) is 0.125. The van der Waals surface area contributed by atoms with Crippen molar-refractivity contribution in [3.8, 4) is 0 Å². The number of hydrogen-bond acceptors (Lipinski definition) is 2. The fourth-order valence-corrected chi connectivity index (χ4v) is 2.40. The minimum absolute atomic E-state index is 0.226. The van der Waals surface area contributed by atoms with Crippen molar-refractivity contribution in [3.63, 3.8) is 0 Å². The summed E-state index contributed by atoms with van der Waals surface area (Å²) in [5.41, 5.74) is 4.04. The van der Waals surface area contributed by atoms with Crippen molar-refractivity contribution in [2.45, 2.75) is 13.8 Å². The summed E-state index contributed by atoms with van der Waals surface area (Å²) in [5.74, 6) is -0.226. The topological polar surface area (TPSA) is 57.8 Å². The van der Waals surface area contributed by atoms with Gasteiger partial charge in [0.15, 0.2) is 0 Å². The van der Waals surface area contributed by atoms with Crippen LogP contribution in [0.15, 0.2) is 36.7 Å². The quantitative estimate of drug-likeness (QED) is 0.749. The Hall–Kier alpha value is -2.33. The molecular weight excluding hydrogens is 286 g/mol. The molecule has 106 valence electrons. The van der Waals surface area contributed by atoms with Gasteiger partial charge in [0.05, 0.1) is 16.3 Å². The average Bonchev–Trinajstić information content (AvgIpc) is 2.92. The number of aryl methyl sites for hydroxylation is 2. The predicted molar refractivity (Wildman–Crippen MR) is 85.0 cm³/mol. The zero-order valence-corrected chi connectivity index (χ0v) is 12.5. The molecule has 0 unspecified atom stereocenters. The second-order valence-electron chi connectivity index (χ2n) is 5.01. The Kier molecular flexibility index (Phi) is 3.39. The Bertz CT molecular complexity index is 839. The summed E-state index contributed by atoms with van der Waals surface area (Å²) in [6.45, 7) is 3.96. The standard InChI is InChI=1S/C16H14ClN3O/c1-9-5-13(17)14(6-10(9)2)20-16(21)12-7-11-3-4-18-15(11)19-8-12/h3-8H,1-2H3,(H,18,19)(H,20,21). The number of carbonyl (C=O) groups excluding carboxylic acids is 1. The van der Waals surface area contributed by atoms with Crippen LogP contribution in [-0.4, -0.2) is 15.9 Å². The molecule has 0 aliphatic rings. The van der Waals surface area contributed by atoms with E-state index in [9.17, 15) is 4.79 Å². The SMILES string of the molecule is Cc1cc(Cl)c(NC(=O)c2cnc3[nH]ccc3c2)cc1C. The van der Waals surface area contributed by atoms with Crippen LogP contribution in [0.5, 0.6) is 0 Å². The number of nitrogens with one attached hydrogen (secondary N) is 2. The molecule has 1 amide bonds. The van der Waals surface area contributed by atoms with E-state index in [4.69, 9.17) is 11.6 Å². The van der Waals surface area contributed by atoms with Crippen LogP contribution in [0.1, 0.15) is 21.5 Å². The molecule has 0 saturated carbocycles. The number of benzene rings is 1. The highest BCUT2D eigenvalue weighted by Gasteiger charge is 2.11. The third-order valence-corrected chi connectivity index (χ3v) is 3.81. The molecule has 21 heavy (non-hydrogen) atoms. The number of halogens is 1. The average molecular weight is 300 g/mol. The Morgan fingerprint density at radius 3 is 2.81 bits per heavy atom. The van der Waals surface area contributed by atoms with Crippen LogP contribution in [0, 0.1) is 13.8 Å². The minimum Gasteiger partial charge on any atom is -0.346 e. The second-order valence-corrected chi connectivity index (χ2v) is 5.42. The molecule has 2 N–H and O–H groups in total. The molecule has 0 saturated heterocycles. The number of amides is 1. The maximum atomic E-state index is 12.3. The van der Waals surface area contributed by atoms with Crippen molar-refractivity contribution in [1.82, 2.24) is 9.97 Å². The van der Waals surface area contributed by atoms with Crippen LogP contribution in [-0.2, 0) is 0 Å². The number of anilines is 1. The third kappa shape index (κ3) is 2.62. The van der Waals surface area contributed by atoms with Crippen molar-refractivity contribution in [2.75, 3.05) is 5.32 Å². The Balaban J connectivity index is 1.90. The second kappa shape index (κ2) is 5.22. The van der Waals surface area contributed by atoms with E-state index in [2.05, 4.69) is 15.3 Å². The number of pyridine rings is 1. The zero-order valence-electron chi connectivity index (χ0n) is 11.7. The lowest BCUT2D eigenvalue weighted by molar-refractivity contribution is 0.102. The molecular formula is C16H14ClN3O. The lowest BCUT2D eigenvalue weighted by atomic mass is 10.1. The molecule has 0 aliphatic heterocycles. The molecule has 0 aliphatic carbocycles. The molecule has 0 fully saturated rings. The molecule has 4 nitrogen and oxygen atoms in total. The monoisotopic (exact) mass is 299 g/mol. The van der Waals surface area contributed by atoms with Crippen molar-refractivity contribution in [1.29, 1.82) is 0 Å². The largest absolute Gasteiger partial charge is 0.346 e. The molecule has 3 rings (SSSR count). The summed E-state index contributed by atoms with van der Waals surface area (Å²) < 4.78 is 0. The summed E-state index contributed by atoms with van der Waals surface area (Å²) in [5, 5.41) is 4.26. The molecule has 0 atom stereocenters. The number of rotatable bonds is 2. The van der Waals surface area contributed by atoms with Gasteiger partial charge >= 0.3 is 0 Å². The number of aromatic nitrogens is 2. The molecule has 2 aromatic heterocycles. The van der Waals surface area contributed by atoms with Crippen LogP contribution in [0.3, 0.4) is 0 Å². The number of H-pyrrole nitrogens is 1. The first-order valence-electron chi connectivity index (χ1n) is 6.56. The van der Waals surface area contributed by atoms with E-state index < -0.39 is 0 Å². The highest BCUT2D eigenvalue weighted by atomic mass is 35.5. The molecule has 0 spiro atoms. The van der Waals surface area contributed by atoms with Gasteiger partial charge in [-0.3, -0.25) is 4.79 Å². The van der Waals surface area contributed by atoms with Gasteiger partial charge in [-0.1, -0.05) is 11.6 Å². The van der Waals surface area contributed by atoms with Crippen LogP contribution in [0.4, 0.5) is 5.69 Å². The van der Waals surface area contributed by atoms with Gasteiger partial charge in [-0.2, -0.15) is 0 Å². The van der Waals surface area contributed by atoms with E-state index in [0.29, 0.717) is 16.3 Å². The summed E-state index contributed by atoms with van der Waals surface area (Å²) in [6, 6.07) is 7.39. The van der Waals surface area contributed by atoms with Gasteiger partial charge < -0.3 is 10.3 Å². The van der Waals surface area contributed by atoms with E-state index in [1.807, 2.05) is 32.0 Å². The van der Waals surface area contributed by atoms with E-state index >= 15 is 0 Å². The van der Waals surface area contributed by atoms with Gasteiger partial charge in [-0.25, -0.2) is 4.98 Å². The lowest BCUT2D eigenvalue weighted by Crippen LogP contribution is -2.12. The summed E-state index contributed by atoms with van der Waals surface area (Å²) in [4.78, 5) is 19.5. The van der Waals surface area contributed by atoms with Crippen LogP contribution < -0.4 is 5.32 Å². The minimum atomic E-state index is -0.226. The number of fused-ring (bicyclic) bond motifs is 1. The van der Waals surface area contributed by atoms with Crippen molar-refractivity contribution in [2.24, 2.45) is 0 Å². The Morgan fingerprint density at radius 2 is 2.00 bits per heavy atom. The number of nitrogens with zero attached hydrogens (tertiary/aromatic N) is 1. The number of hydrogen-bond donors (Lipinski definition) is 2. The van der Waals surface area contributed by atoms with Crippen LogP contribution in [0.2, 0.25) is 5.02 Å². The highest BCUT2D eigenvalue weighted by Crippen LogP contribution is 2.26. The summed E-state index contributed by atoms with van der Waals surface area (Å²) in [6.07, 6.45) is 3.34. The van der Waals surface area contributed by atoms with Gasteiger partial charge in [0.25, 0.3) is 5.91 Å². The molecule has 5 heteroatoms. The molecule has 3 aromatic rings. The van der Waals surface area contributed by atoms with E-state index in [-0.39, 0.29) is 5.91 Å². The lowest BCUT2D eigenvalue weighted by Gasteiger charge is -2.10. The maximum absolute atomic E-state index is 12.3. The van der Waals surface area contributed by atoms with E-state index in [0.717, 1.165) is 22.2 Å². The normalized spacial score (nSPS) is 10.8. The predicted octanol–water partition coefficient (Wildman–Crippen LogP) is 4.09. The van der Waals surface area contributed by atoms with E-state index in [1.54, 1.807) is 18.5 Å². The molecule has 0 bridgehead atoms. The van der Waals surface area contributed by atoms with Gasteiger partial charge in [-0.15, -0.1) is 0 Å². The van der Waals surface area contributed by atoms with Crippen molar-refractivity contribution >= 4 is 34.2 Å². The Morgan fingerprint density at radius 1 is 1.24 bits per heavy atom. The van der Waals surface area contributed by atoms with Gasteiger partial charge in [0.2, 0.25) is 0 Å². The summed E-state index contributed by atoms with van der Waals surface area (Å²) in [7, 11) is 0.